The molecule has 0 bridgehead atoms. The number of aryl methyl sites for hydroxylation is 1. The molecule has 1 fully saturated rings. The van der Waals surface area contributed by atoms with Crippen molar-refractivity contribution in [3.8, 4) is 0 Å². The highest BCUT2D eigenvalue weighted by Crippen LogP contribution is 2.40. The van der Waals surface area contributed by atoms with E-state index in [4.69, 9.17) is 4.74 Å². The van der Waals surface area contributed by atoms with Gasteiger partial charge in [0.25, 0.3) is 5.91 Å². The van der Waals surface area contributed by atoms with Crippen LogP contribution in [-0.4, -0.2) is 44.6 Å². The number of anilines is 1. The van der Waals surface area contributed by atoms with Crippen LogP contribution in [0.25, 0.3) is 0 Å². The van der Waals surface area contributed by atoms with E-state index in [9.17, 15) is 4.79 Å². The first-order valence-electron chi connectivity index (χ1n) is 10.7. The van der Waals surface area contributed by atoms with E-state index in [-0.39, 0.29) is 5.91 Å². The fourth-order valence-corrected chi connectivity index (χ4v) is 4.39. The summed E-state index contributed by atoms with van der Waals surface area (Å²) in [7, 11) is 0. The molecule has 3 aromatic rings. The van der Waals surface area contributed by atoms with Gasteiger partial charge in [-0.15, -0.1) is 0 Å². The fraction of sp³-hybridized carbons (Fsp3) is 0.391. The summed E-state index contributed by atoms with van der Waals surface area (Å²) < 4.78 is 8.55. The molecule has 0 aliphatic carbocycles. The van der Waals surface area contributed by atoms with Gasteiger partial charge in [0.1, 0.15) is 11.4 Å². The average molecular weight is 419 g/mol. The van der Waals surface area contributed by atoms with Gasteiger partial charge in [-0.3, -0.25) is 4.79 Å². The number of nitrogens with one attached hydrogen (secondary N) is 1. The molecular formula is C23H26N6O2. The van der Waals surface area contributed by atoms with Crippen LogP contribution in [0.2, 0.25) is 0 Å². The molecule has 1 N–H and O–H groups in total. The number of benzene rings is 1. The van der Waals surface area contributed by atoms with Gasteiger partial charge in [0, 0.05) is 57.3 Å². The smallest absolute Gasteiger partial charge is 0.251 e. The van der Waals surface area contributed by atoms with Crippen molar-refractivity contribution in [3.05, 3.63) is 72.1 Å². The largest absolute Gasteiger partial charge is 0.352 e. The number of aromatic nitrogens is 4. The molecule has 1 atom stereocenters. The second kappa shape index (κ2) is 8.11. The Morgan fingerprint density at radius 1 is 1.16 bits per heavy atom. The van der Waals surface area contributed by atoms with Crippen LogP contribution in [0, 0.1) is 6.92 Å². The molecule has 1 spiro atoms. The van der Waals surface area contributed by atoms with Crippen LogP contribution in [0.5, 0.6) is 0 Å². The first-order valence-corrected chi connectivity index (χ1v) is 10.7. The minimum Gasteiger partial charge on any atom is -0.352 e. The average Bonchev–Trinajstić information content (AvgIpc) is 3.29. The molecule has 31 heavy (non-hydrogen) atoms. The number of fused-ring (bicyclic) bond motifs is 2. The van der Waals surface area contributed by atoms with Crippen LogP contribution in [0.1, 0.15) is 29.8 Å². The first kappa shape index (κ1) is 19.7. The molecular weight excluding hydrogens is 392 g/mol. The Hall–Kier alpha value is -3.26. The standard InChI is InChI=1S/C23H26N6O2/c1-17-13-26-22(27-14-17)28-10-7-23(8-11-28)21-24-9-12-29(21)16-19(31-23)20(30)25-15-18-5-3-2-4-6-18/h2-6,9,12-14,19H,7-8,10-11,15-16H2,1H3,(H,25,30). The van der Waals surface area contributed by atoms with Gasteiger partial charge >= 0.3 is 0 Å². The predicted molar refractivity (Wildman–Crippen MR) is 115 cm³/mol. The van der Waals surface area contributed by atoms with Crippen LogP contribution in [0.4, 0.5) is 5.95 Å². The third-order valence-corrected chi connectivity index (χ3v) is 6.08. The quantitative estimate of drug-likeness (QED) is 0.699. The van der Waals surface area contributed by atoms with Crippen LogP contribution >= 0.6 is 0 Å². The normalized spacial score (nSPS) is 19.8. The number of carbonyl (C=O) groups is 1. The molecule has 160 valence electrons. The van der Waals surface area contributed by atoms with Gasteiger partial charge in [-0.2, -0.15) is 0 Å². The van der Waals surface area contributed by atoms with Crippen molar-refractivity contribution >= 4 is 11.9 Å². The molecule has 1 saturated heterocycles. The molecule has 2 aliphatic heterocycles. The molecule has 2 aliphatic rings. The van der Waals surface area contributed by atoms with E-state index >= 15 is 0 Å². The number of nitrogens with zero attached hydrogens (tertiary/aromatic N) is 5. The predicted octanol–water partition coefficient (Wildman–Crippen LogP) is 2.19. The van der Waals surface area contributed by atoms with Crippen LogP contribution in [-0.2, 0) is 28.2 Å². The van der Waals surface area contributed by atoms with E-state index in [1.54, 1.807) is 6.20 Å². The zero-order chi connectivity index (χ0) is 21.3. The minimum absolute atomic E-state index is 0.0909. The van der Waals surface area contributed by atoms with Crippen LogP contribution in [0.15, 0.2) is 55.1 Å². The minimum atomic E-state index is -0.572. The summed E-state index contributed by atoms with van der Waals surface area (Å²) in [6.07, 6.45) is 8.31. The Bertz CT molecular complexity index is 1040. The third-order valence-electron chi connectivity index (χ3n) is 6.08. The van der Waals surface area contributed by atoms with Gasteiger partial charge in [0.05, 0.1) is 6.54 Å². The first-order chi connectivity index (χ1) is 15.1. The number of hydrogen-bond donors (Lipinski definition) is 1. The Morgan fingerprint density at radius 2 is 1.90 bits per heavy atom. The van der Waals surface area contributed by atoms with Crippen molar-refractivity contribution in [3.63, 3.8) is 0 Å². The summed E-state index contributed by atoms with van der Waals surface area (Å²) in [5.41, 5.74) is 1.54. The Morgan fingerprint density at radius 3 is 2.65 bits per heavy atom. The van der Waals surface area contributed by atoms with Crippen molar-refractivity contribution in [2.75, 3.05) is 18.0 Å². The van der Waals surface area contributed by atoms with Crippen molar-refractivity contribution in [1.29, 1.82) is 0 Å². The van der Waals surface area contributed by atoms with E-state index in [2.05, 4.69) is 29.7 Å². The Kier molecular flexibility index (Phi) is 5.15. The lowest BCUT2D eigenvalue weighted by Gasteiger charge is -2.45. The van der Waals surface area contributed by atoms with E-state index in [0.29, 0.717) is 13.1 Å². The van der Waals surface area contributed by atoms with Gasteiger partial charge in [0.2, 0.25) is 5.95 Å². The summed E-state index contributed by atoms with van der Waals surface area (Å²) in [5, 5.41) is 3.03. The maximum absolute atomic E-state index is 12.9. The zero-order valence-electron chi connectivity index (χ0n) is 17.6. The number of imidazole rings is 1. The lowest BCUT2D eigenvalue weighted by molar-refractivity contribution is -0.167. The topological polar surface area (TPSA) is 85.2 Å². The molecule has 5 rings (SSSR count). The van der Waals surface area contributed by atoms with Crippen molar-refractivity contribution in [1.82, 2.24) is 24.8 Å². The zero-order valence-corrected chi connectivity index (χ0v) is 17.6. The van der Waals surface area contributed by atoms with Gasteiger partial charge in [-0.05, 0) is 18.1 Å². The van der Waals surface area contributed by atoms with E-state index in [0.717, 1.165) is 48.8 Å². The number of hydrogen-bond acceptors (Lipinski definition) is 6. The highest BCUT2D eigenvalue weighted by Gasteiger charge is 2.47. The van der Waals surface area contributed by atoms with Crippen LogP contribution in [0.3, 0.4) is 0 Å². The highest BCUT2D eigenvalue weighted by molar-refractivity contribution is 5.81. The lowest BCUT2D eigenvalue weighted by atomic mass is 9.88. The lowest BCUT2D eigenvalue weighted by Crippen LogP contribution is -2.54. The summed E-state index contributed by atoms with van der Waals surface area (Å²) in [5.74, 6) is 1.55. The molecule has 0 saturated carbocycles. The van der Waals surface area contributed by atoms with Crippen molar-refractivity contribution in [2.24, 2.45) is 0 Å². The Labute approximate surface area is 181 Å². The fourth-order valence-electron chi connectivity index (χ4n) is 4.39. The molecule has 0 radical (unpaired) electrons. The summed E-state index contributed by atoms with van der Waals surface area (Å²) in [6, 6.07) is 9.91. The summed E-state index contributed by atoms with van der Waals surface area (Å²) in [6.45, 7) is 4.43. The molecule has 1 aromatic carbocycles. The Balaban J connectivity index is 1.30. The summed E-state index contributed by atoms with van der Waals surface area (Å²) >= 11 is 0. The second-order valence-electron chi connectivity index (χ2n) is 8.25. The molecule has 2 aromatic heterocycles. The van der Waals surface area contributed by atoms with Gasteiger partial charge in [-0.1, -0.05) is 30.3 Å². The monoisotopic (exact) mass is 418 g/mol. The maximum atomic E-state index is 12.9. The third kappa shape index (κ3) is 3.90. The molecule has 4 heterocycles. The number of rotatable bonds is 4. The van der Waals surface area contributed by atoms with E-state index in [1.807, 2.05) is 55.8 Å². The van der Waals surface area contributed by atoms with Crippen molar-refractivity contribution in [2.45, 2.75) is 44.6 Å². The van der Waals surface area contributed by atoms with Crippen LogP contribution < -0.4 is 10.2 Å². The van der Waals surface area contributed by atoms with Gasteiger partial charge in [-0.25, -0.2) is 15.0 Å². The van der Waals surface area contributed by atoms with Gasteiger partial charge in [0.15, 0.2) is 6.10 Å². The number of carbonyl (C=O) groups excluding carboxylic acids is 1. The van der Waals surface area contributed by atoms with E-state index in [1.165, 1.54) is 0 Å². The SMILES string of the molecule is Cc1cnc(N2CCC3(CC2)OC(C(=O)NCc2ccccc2)Cn2ccnc23)nc1. The second-order valence-corrected chi connectivity index (χ2v) is 8.25. The number of amides is 1. The summed E-state index contributed by atoms with van der Waals surface area (Å²) in [4.78, 5) is 28.6. The molecule has 1 unspecified atom stereocenters. The maximum Gasteiger partial charge on any atom is 0.251 e. The van der Waals surface area contributed by atoms with Crippen molar-refractivity contribution < 1.29 is 9.53 Å². The van der Waals surface area contributed by atoms with Gasteiger partial charge < -0.3 is 19.5 Å². The number of piperidine rings is 1. The molecule has 1 amide bonds. The highest BCUT2D eigenvalue weighted by atomic mass is 16.5. The molecule has 8 nitrogen and oxygen atoms in total. The number of ether oxygens (including phenoxy) is 1. The van der Waals surface area contributed by atoms with E-state index < -0.39 is 11.7 Å². The molecule has 8 heteroatoms.